The van der Waals surface area contributed by atoms with Crippen molar-refractivity contribution in [3.8, 4) is 0 Å². The molecule has 3 rings (SSSR count). The van der Waals surface area contributed by atoms with E-state index in [-0.39, 0.29) is 23.5 Å². The predicted molar refractivity (Wildman–Crippen MR) is 74.9 cm³/mol. The highest BCUT2D eigenvalue weighted by Gasteiger charge is 2.35. The Morgan fingerprint density at radius 2 is 2.33 bits per heavy atom. The highest BCUT2D eigenvalue weighted by molar-refractivity contribution is 7.89. The van der Waals surface area contributed by atoms with Gasteiger partial charge in [-0.2, -0.15) is 9.40 Å². The standard InChI is InChI=1S/C12H15N5O3S/c1-8(18)14-9-4-6-17(7-9)21(19,20)12-10-3-2-5-13-11(10)15-16-12/h2-3,5,9H,4,6-7H2,1H3,(H,14,18)(H,13,15,16)/t9-/m0/s1. The molecule has 21 heavy (non-hydrogen) atoms. The van der Waals surface area contributed by atoms with Crippen molar-refractivity contribution in [2.24, 2.45) is 0 Å². The number of amides is 1. The van der Waals surface area contributed by atoms with E-state index in [4.69, 9.17) is 0 Å². The first-order valence-electron chi connectivity index (χ1n) is 6.55. The Morgan fingerprint density at radius 1 is 1.52 bits per heavy atom. The number of rotatable bonds is 3. The van der Waals surface area contributed by atoms with Crippen molar-refractivity contribution in [3.05, 3.63) is 18.3 Å². The van der Waals surface area contributed by atoms with Gasteiger partial charge < -0.3 is 5.32 Å². The summed E-state index contributed by atoms with van der Waals surface area (Å²) >= 11 is 0. The molecule has 1 amide bonds. The molecular weight excluding hydrogens is 294 g/mol. The van der Waals surface area contributed by atoms with Gasteiger partial charge in [0.05, 0.1) is 5.39 Å². The lowest BCUT2D eigenvalue weighted by molar-refractivity contribution is -0.119. The summed E-state index contributed by atoms with van der Waals surface area (Å²) < 4.78 is 26.6. The van der Waals surface area contributed by atoms with Gasteiger partial charge in [0.15, 0.2) is 5.65 Å². The average Bonchev–Trinajstić information content (AvgIpc) is 3.04. The van der Waals surface area contributed by atoms with Gasteiger partial charge in [0.25, 0.3) is 10.0 Å². The summed E-state index contributed by atoms with van der Waals surface area (Å²) in [6.45, 7) is 2.04. The zero-order valence-corrected chi connectivity index (χ0v) is 12.2. The van der Waals surface area contributed by atoms with Crippen molar-refractivity contribution < 1.29 is 13.2 Å². The van der Waals surface area contributed by atoms with E-state index >= 15 is 0 Å². The summed E-state index contributed by atoms with van der Waals surface area (Å²) in [5.74, 6) is -0.159. The van der Waals surface area contributed by atoms with Gasteiger partial charge in [0.1, 0.15) is 0 Å². The van der Waals surface area contributed by atoms with Crippen LogP contribution in [-0.2, 0) is 14.8 Å². The predicted octanol–water partition coefficient (Wildman–Crippen LogP) is -0.143. The van der Waals surface area contributed by atoms with E-state index < -0.39 is 10.0 Å². The van der Waals surface area contributed by atoms with E-state index in [2.05, 4.69) is 20.5 Å². The van der Waals surface area contributed by atoms with Gasteiger partial charge in [-0.3, -0.25) is 9.89 Å². The van der Waals surface area contributed by atoms with E-state index in [1.165, 1.54) is 11.2 Å². The zero-order valence-electron chi connectivity index (χ0n) is 11.4. The van der Waals surface area contributed by atoms with E-state index in [0.717, 1.165) is 0 Å². The Labute approximate surface area is 121 Å². The van der Waals surface area contributed by atoms with E-state index in [1.807, 2.05) is 0 Å². The van der Waals surface area contributed by atoms with Crippen molar-refractivity contribution >= 4 is 27.0 Å². The third kappa shape index (κ3) is 2.49. The van der Waals surface area contributed by atoms with Gasteiger partial charge in [0, 0.05) is 32.3 Å². The topological polar surface area (TPSA) is 108 Å². The third-order valence-electron chi connectivity index (χ3n) is 3.44. The zero-order chi connectivity index (χ0) is 15.0. The van der Waals surface area contributed by atoms with Crippen molar-refractivity contribution in [3.63, 3.8) is 0 Å². The van der Waals surface area contributed by atoms with Crippen LogP contribution in [0.5, 0.6) is 0 Å². The molecular formula is C12H15N5O3S. The minimum absolute atomic E-state index is 0.0194. The molecule has 1 saturated heterocycles. The number of hydrogen-bond donors (Lipinski definition) is 2. The molecule has 0 aromatic carbocycles. The third-order valence-corrected chi connectivity index (χ3v) is 5.26. The highest BCUT2D eigenvalue weighted by atomic mass is 32.2. The Kier molecular flexibility index (Phi) is 3.38. The van der Waals surface area contributed by atoms with Crippen LogP contribution in [0.2, 0.25) is 0 Å². The lowest BCUT2D eigenvalue weighted by Crippen LogP contribution is -2.37. The van der Waals surface area contributed by atoms with Gasteiger partial charge in [-0.25, -0.2) is 13.4 Å². The van der Waals surface area contributed by atoms with Crippen molar-refractivity contribution in [2.75, 3.05) is 13.1 Å². The molecule has 0 saturated carbocycles. The second-order valence-electron chi connectivity index (χ2n) is 4.98. The lowest BCUT2D eigenvalue weighted by Gasteiger charge is -2.15. The second-order valence-corrected chi connectivity index (χ2v) is 6.83. The van der Waals surface area contributed by atoms with Crippen LogP contribution >= 0.6 is 0 Å². The van der Waals surface area contributed by atoms with Gasteiger partial charge in [-0.05, 0) is 18.6 Å². The van der Waals surface area contributed by atoms with E-state index in [0.29, 0.717) is 24.0 Å². The first kappa shape index (κ1) is 14.0. The minimum Gasteiger partial charge on any atom is -0.352 e. The first-order valence-corrected chi connectivity index (χ1v) is 7.99. The fraction of sp³-hybridized carbons (Fsp3) is 0.417. The Morgan fingerprint density at radius 3 is 3.10 bits per heavy atom. The number of pyridine rings is 1. The van der Waals surface area contributed by atoms with Crippen LogP contribution in [0.4, 0.5) is 0 Å². The first-order chi connectivity index (χ1) is 9.98. The summed E-state index contributed by atoms with van der Waals surface area (Å²) in [6, 6.07) is 3.18. The number of carbonyl (C=O) groups excluding carboxylic acids is 1. The molecule has 1 atom stereocenters. The maximum atomic E-state index is 12.6. The maximum Gasteiger partial charge on any atom is 0.263 e. The van der Waals surface area contributed by atoms with Gasteiger partial charge in [0.2, 0.25) is 10.9 Å². The monoisotopic (exact) mass is 309 g/mol. The number of sulfonamides is 1. The highest BCUT2D eigenvalue weighted by Crippen LogP contribution is 2.24. The summed E-state index contributed by atoms with van der Waals surface area (Å²) in [7, 11) is -3.69. The van der Waals surface area contributed by atoms with E-state index in [1.54, 1.807) is 18.3 Å². The normalized spacial score (nSPS) is 20.0. The number of aromatic nitrogens is 3. The molecule has 8 nitrogen and oxygen atoms in total. The van der Waals surface area contributed by atoms with Crippen molar-refractivity contribution in [1.82, 2.24) is 24.8 Å². The molecule has 2 aromatic heterocycles. The van der Waals surface area contributed by atoms with Crippen LogP contribution in [0.1, 0.15) is 13.3 Å². The minimum atomic E-state index is -3.69. The molecule has 112 valence electrons. The van der Waals surface area contributed by atoms with Crippen LogP contribution < -0.4 is 5.32 Å². The molecule has 0 unspecified atom stereocenters. The number of hydrogen-bond acceptors (Lipinski definition) is 5. The van der Waals surface area contributed by atoms with E-state index in [9.17, 15) is 13.2 Å². The molecule has 0 aliphatic carbocycles. The smallest absolute Gasteiger partial charge is 0.263 e. The SMILES string of the molecule is CC(=O)N[C@H]1CCN(S(=O)(=O)c2n[nH]c3ncccc23)C1. The van der Waals surface area contributed by atoms with Crippen LogP contribution in [0.3, 0.4) is 0 Å². The fourth-order valence-corrected chi connectivity index (χ4v) is 4.07. The summed E-state index contributed by atoms with van der Waals surface area (Å²) in [5, 5.41) is 9.71. The van der Waals surface area contributed by atoms with Gasteiger partial charge in [-0.1, -0.05) is 0 Å². The lowest BCUT2D eigenvalue weighted by atomic mass is 10.3. The maximum absolute atomic E-state index is 12.6. The van der Waals surface area contributed by atoms with Crippen LogP contribution in [0, 0.1) is 0 Å². The number of aromatic amines is 1. The van der Waals surface area contributed by atoms with Crippen LogP contribution in [-0.4, -0.2) is 52.9 Å². The molecule has 1 fully saturated rings. The summed E-state index contributed by atoms with van der Waals surface area (Å²) in [6.07, 6.45) is 2.17. The fourth-order valence-electron chi connectivity index (χ4n) is 2.50. The molecule has 1 aliphatic heterocycles. The molecule has 0 spiro atoms. The second kappa shape index (κ2) is 5.08. The summed E-state index contributed by atoms with van der Waals surface area (Å²) in [4.78, 5) is 15.1. The van der Waals surface area contributed by atoms with Crippen molar-refractivity contribution in [2.45, 2.75) is 24.4 Å². The Bertz CT molecular complexity index is 785. The number of nitrogens with one attached hydrogen (secondary N) is 2. The number of fused-ring (bicyclic) bond motifs is 1. The molecule has 1 aliphatic rings. The summed E-state index contributed by atoms with van der Waals surface area (Å²) in [5.41, 5.74) is 0.439. The Hall–Kier alpha value is -2.00. The number of nitrogens with zero attached hydrogens (tertiary/aromatic N) is 3. The van der Waals surface area contributed by atoms with Crippen molar-refractivity contribution in [1.29, 1.82) is 0 Å². The largest absolute Gasteiger partial charge is 0.352 e. The molecule has 0 radical (unpaired) electrons. The molecule has 9 heteroatoms. The van der Waals surface area contributed by atoms with Gasteiger partial charge in [-0.15, -0.1) is 0 Å². The molecule has 0 bridgehead atoms. The van der Waals surface area contributed by atoms with Crippen LogP contribution in [0.15, 0.2) is 23.4 Å². The number of H-pyrrole nitrogens is 1. The van der Waals surface area contributed by atoms with Gasteiger partial charge >= 0.3 is 0 Å². The molecule has 2 N–H and O–H groups in total. The van der Waals surface area contributed by atoms with Crippen LogP contribution in [0.25, 0.3) is 11.0 Å². The average molecular weight is 309 g/mol. The Balaban J connectivity index is 1.89. The quantitative estimate of drug-likeness (QED) is 0.820. The number of carbonyl (C=O) groups is 1. The molecule has 3 heterocycles. The molecule has 2 aromatic rings.